The molecule has 0 N–H and O–H groups in total. The fraction of sp³-hybridized carbons (Fsp3) is 0.125. The zero-order chi connectivity index (χ0) is 10.0. The molecule has 0 aromatic heterocycles. The lowest BCUT2D eigenvalue weighted by atomic mass is 10.1. The van der Waals surface area contributed by atoms with Crippen LogP contribution in [0.3, 0.4) is 0 Å². The first kappa shape index (κ1) is 11.8. The molecule has 0 aliphatic rings. The second kappa shape index (κ2) is 4.96. The molecule has 0 saturated heterocycles. The summed E-state index contributed by atoms with van der Waals surface area (Å²) in [5.41, 5.74) is 0.395. The van der Waals surface area contributed by atoms with Crippen molar-refractivity contribution >= 4 is 67.5 Å². The van der Waals surface area contributed by atoms with Gasteiger partial charge in [-0.3, -0.25) is 4.79 Å². The molecule has 1 rings (SSSR count). The molecule has 1 aromatic carbocycles. The highest BCUT2D eigenvalue weighted by atomic mass is 127. The van der Waals surface area contributed by atoms with Gasteiger partial charge in [-0.15, -0.1) is 0 Å². The van der Waals surface area contributed by atoms with Gasteiger partial charge < -0.3 is 0 Å². The molecule has 0 unspecified atom stereocenters. The zero-order valence-corrected chi connectivity index (χ0v) is 11.5. The average Bonchev–Trinajstić information content (AvgIpc) is 2.12. The number of ketones is 1. The molecule has 0 aliphatic heterocycles. The van der Waals surface area contributed by atoms with Crippen LogP contribution in [0.2, 0.25) is 10.0 Å². The first-order chi connectivity index (χ1) is 6.07. The second-order valence-corrected chi connectivity index (χ2v) is 4.78. The maximum atomic E-state index is 11.4. The molecule has 1 aromatic rings. The highest BCUT2D eigenvalue weighted by molar-refractivity contribution is 14.1. The van der Waals surface area contributed by atoms with E-state index in [0.717, 1.165) is 3.57 Å². The zero-order valence-electron chi connectivity index (χ0n) is 6.28. The van der Waals surface area contributed by atoms with Crippen molar-refractivity contribution in [2.75, 3.05) is 5.33 Å². The van der Waals surface area contributed by atoms with Crippen LogP contribution in [-0.4, -0.2) is 11.1 Å². The molecule has 13 heavy (non-hydrogen) atoms. The standard InChI is InChI=1S/C8H4BrCl2IO/c9-3-6(13)7-4(10)1-2-5(12)8(7)11/h1-2H,3H2. The molecule has 0 bridgehead atoms. The van der Waals surface area contributed by atoms with Gasteiger partial charge in [0.15, 0.2) is 5.78 Å². The van der Waals surface area contributed by atoms with Crippen LogP contribution in [0.1, 0.15) is 10.4 Å². The third-order valence-electron chi connectivity index (χ3n) is 1.44. The van der Waals surface area contributed by atoms with Crippen molar-refractivity contribution in [3.63, 3.8) is 0 Å². The predicted octanol–water partition coefficient (Wildman–Crippen LogP) is 4.18. The summed E-state index contributed by atoms with van der Waals surface area (Å²) in [6, 6.07) is 3.45. The van der Waals surface area contributed by atoms with Gasteiger partial charge in [0.25, 0.3) is 0 Å². The van der Waals surface area contributed by atoms with Crippen LogP contribution >= 0.6 is 61.7 Å². The fourth-order valence-electron chi connectivity index (χ4n) is 0.849. The molecule has 0 amide bonds. The third-order valence-corrected chi connectivity index (χ3v) is 3.88. The normalized spacial score (nSPS) is 10.2. The van der Waals surface area contributed by atoms with E-state index in [1.807, 2.05) is 0 Å². The molecule has 0 spiro atoms. The quantitative estimate of drug-likeness (QED) is 0.319. The topological polar surface area (TPSA) is 17.1 Å². The Morgan fingerprint density at radius 3 is 2.62 bits per heavy atom. The molecular formula is C8H4BrCl2IO. The van der Waals surface area contributed by atoms with Crippen molar-refractivity contribution in [1.82, 2.24) is 0 Å². The number of rotatable bonds is 2. The molecule has 0 radical (unpaired) electrons. The predicted molar refractivity (Wildman–Crippen MR) is 67.3 cm³/mol. The van der Waals surface area contributed by atoms with Gasteiger partial charge in [0, 0.05) is 3.57 Å². The van der Waals surface area contributed by atoms with Crippen LogP contribution in [-0.2, 0) is 0 Å². The lowest BCUT2D eigenvalue weighted by molar-refractivity contribution is 0.102. The maximum Gasteiger partial charge on any atom is 0.176 e. The summed E-state index contributed by atoms with van der Waals surface area (Å²) < 4.78 is 0.827. The van der Waals surface area contributed by atoms with E-state index in [9.17, 15) is 4.79 Å². The fourth-order valence-corrected chi connectivity index (χ4v) is 2.16. The number of hydrogen-bond donors (Lipinski definition) is 0. The number of Topliss-reactive ketones (excluding diaryl/α,β-unsaturated/α-hetero) is 1. The smallest absolute Gasteiger partial charge is 0.176 e. The summed E-state index contributed by atoms with van der Waals surface area (Å²) in [5, 5.41) is 1.06. The van der Waals surface area contributed by atoms with Gasteiger partial charge in [-0.05, 0) is 34.7 Å². The SMILES string of the molecule is O=C(CBr)c1c(Cl)ccc(I)c1Cl. The van der Waals surface area contributed by atoms with Crippen LogP contribution in [0.4, 0.5) is 0 Å². The molecule has 0 aliphatic carbocycles. The third kappa shape index (κ3) is 2.58. The van der Waals surface area contributed by atoms with Crippen molar-refractivity contribution in [3.8, 4) is 0 Å². The first-order valence-electron chi connectivity index (χ1n) is 3.30. The van der Waals surface area contributed by atoms with Crippen molar-refractivity contribution in [2.24, 2.45) is 0 Å². The van der Waals surface area contributed by atoms with Crippen LogP contribution < -0.4 is 0 Å². The Balaban J connectivity index is 3.33. The summed E-state index contributed by atoms with van der Waals surface area (Å²) in [5.74, 6) is -0.103. The van der Waals surface area contributed by atoms with E-state index in [-0.39, 0.29) is 11.1 Å². The van der Waals surface area contributed by atoms with Crippen LogP contribution in [0.25, 0.3) is 0 Å². The van der Waals surface area contributed by atoms with E-state index in [0.29, 0.717) is 15.6 Å². The summed E-state index contributed by atoms with van der Waals surface area (Å²) in [6.45, 7) is 0. The Morgan fingerprint density at radius 2 is 2.08 bits per heavy atom. The summed E-state index contributed by atoms with van der Waals surface area (Å²) in [7, 11) is 0. The number of carbonyl (C=O) groups excluding carboxylic acids is 1. The molecule has 0 atom stereocenters. The Labute approximate surface area is 108 Å². The number of halogens is 4. The molecule has 0 saturated carbocycles. The van der Waals surface area contributed by atoms with Crippen LogP contribution in [0.15, 0.2) is 12.1 Å². The minimum Gasteiger partial charge on any atom is -0.293 e. The lowest BCUT2D eigenvalue weighted by Crippen LogP contribution is -2.02. The average molecular weight is 394 g/mol. The minimum atomic E-state index is -0.103. The van der Waals surface area contributed by atoms with Gasteiger partial charge >= 0.3 is 0 Å². The number of alkyl halides is 1. The van der Waals surface area contributed by atoms with E-state index >= 15 is 0 Å². The maximum absolute atomic E-state index is 11.4. The summed E-state index contributed by atoms with van der Waals surface area (Å²) in [4.78, 5) is 11.4. The molecule has 0 heterocycles. The molecule has 5 heteroatoms. The Morgan fingerprint density at radius 1 is 1.46 bits per heavy atom. The number of hydrogen-bond acceptors (Lipinski definition) is 1. The Bertz CT molecular complexity index is 354. The van der Waals surface area contributed by atoms with Crippen LogP contribution in [0, 0.1) is 3.57 Å². The number of benzene rings is 1. The van der Waals surface area contributed by atoms with E-state index < -0.39 is 0 Å². The number of carbonyl (C=O) groups is 1. The Hall–Kier alpha value is 0.680. The lowest BCUT2D eigenvalue weighted by Gasteiger charge is -2.05. The second-order valence-electron chi connectivity index (χ2n) is 2.27. The minimum absolute atomic E-state index is 0.103. The summed E-state index contributed by atoms with van der Waals surface area (Å²) >= 11 is 16.9. The Kier molecular flexibility index (Phi) is 4.48. The largest absolute Gasteiger partial charge is 0.293 e. The van der Waals surface area contributed by atoms with Gasteiger partial charge in [-0.25, -0.2) is 0 Å². The summed E-state index contributed by atoms with van der Waals surface area (Å²) in [6.07, 6.45) is 0. The van der Waals surface area contributed by atoms with E-state index in [1.165, 1.54) is 0 Å². The monoisotopic (exact) mass is 392 g/mol. The molecule has 1 nitrogen and oxygen atoms in total. The van der Waals surface area contributed by atoms with Crippen molar-refractivity contribution in [1.29, 1.82) is 0 Å². The van der Waals surface area contributed by atoms with E-state index in [2.05, 4.69) is 38.5 Å². The van der Waals surface area contributed by atoms with Gasteiger partial charge in [0.1, 0.15) is 0 Å². The van der Waals surface area contributed by atoms with Gasteiger partial charge in [0.2, 0.25) is 0 Å². The first-order valence-corrected chi connectivity index (χ1v) is 6.26. The molecule has 70 valence electrons. The highest BCUT2D eigenvalue weighted by Crippen LogP contribution is 2.29. The van der Waals surface area contributed by atoms with E-state index in [4.69, 9.17) is 23.2 Å². The van der Waals surface area contributed by atoms with Gasteiger partial charge in [-0.1, -0.05) is 39.1 Å². The highest BCUT2D eigenvalue weighted by Gasteiger charge is 2.15. The molecule has 0 fully saturated rings. The molecular weight excluding hydrogens is 390 g/mol. The van der Waals surface area contributed by atoms with Crippen LogP contribution in [0.5, 0.6) is 0 Å². The van der Waals surface area contributed by atoms with Gasteiger partial charge in [0.05, 0.1) is 20.9 Å². The van der Waals surface area contributed by atoms with Crippen molar-refractivity contribution < 1.29 is 4.79 Å². The van der Waals surface area contributed by atoms with Crippen molar-refractivity contribution in [3.05, 3.63) is 31.3 Å². The van der Waals surface area contributed by atoms with Gasteiger partial charge in [-0.2, -0.15) is 0 Å². The van der Waals surface area contributed by atoms with E-state index in [1.54, 1.807) is 12.1 Å². The van der Waals surface area contributed by atoms with Crippen molar-refractivity contribution in [2.45, 2.75) is 0 Å².